The number of hydrogen-bond acceptors (Lipinski definition) is 7. The zero-order valence-corrected chi connectivity index (χ0v) is 19.6. The lowest BCUT2D eigenvalue weighted by molar-refractivity contribution is 0.0594. The van der Waals surface area contributed by atoms with E-state index in [0.29, 0.717) is 12.3 Å². The molecule has 0 spiro atoms. The number of benzene rings is 1. The Morgan fingerprint density at radius 2 is 1.41 bits per heavy atom. The van der Waals surface area contributed by atoms with Gasteiger partial charge in [0.1, 0.15) is 5.56 Å². The molecule has 0 saturated heterocycles. The number of amides is 1. The van der Waals surface area contributed by atoms with E-state index in [1.165, 1.54) is 31.7 Å². The Morgan fingerprint density at radius 3 is 2.00 bits per heavy atom. The van der Waals surface area contributed by atoms with Crippen LogP contribution in [-0.4, -0.2) is 38.5 Å². The maximum Gasteiger partial charge on any atom is 0.513 e. The summed E-state index contributed by atoms with van der Waals surface area (Å²) in [5.41, 5.74) is 0.359. The summed E-state index contributed by atoms with van der Waals surface area (Å²) >= 11 is 0. The van der Waals surface area contributed by atoms with Crippen molar-refractivity contribution in [2.75, 3.05) is 25.6 Å². The molecular formula is C24H37NO7. The zero-order valence-electron chi connectivity index (χ0n) is 19.6. The van der Waals surface area contributed by atoms with Gasteiger partial charge in [-0.15, -0.1) is 0 Å². The van der Waals surface area contributed by atoms with Crippen LogP contribution in [0.25, 0.3) is 0 Å². The van der Waals surface area contributed by atoms with Crippen molar-refractivity contribution in [3.05, 3.63) is 23.8 Å². The minimum absolute atomic E-state index is 0.0437. The van der Waals surface area contributed by atoms with E-state index >= 15 is 0 Å². The van der Waals surface area contributed by atoms with Gasteiger partial charge in [0.2, 0.25) is 0 Å². The third kappa shape index (κ3) is 11.6. The minimum Gasteiger partial charge on any atom is -0.465 e. The first-order valence-corrected chi connectivity index (χ1v) is 11.5. The van der Waals surface area contributed by atoms with Crippen molar-refractivity contribution in [3.8, 4) is 5.75 Å². The number of ether oxygens (including phenoxy) is 4. The highest BCUT2D eigenvalue weighted by Gasteiger charge is 2.18. The molecule has 1 N–H and O–H groups in total. The Labute approximate surface area is 190 Å². The van der Waals surface area contributed by atoms with Crippen LogP contribution in [0, 0.1) is 0 Å². The van der Waals surface area contributed by atoms with E-state index in [1.54, 1.807) is 0 Å². The van der Waals surface area contributed by atoms with Crippen molar-refractivity contribution >= 4 is 23.9 Å². The molecule has 0 atom stereocenters. The number of hydrogen-bond donors (Lipinski definition) is 1. The van der Waals surface area contributed by atoms with E-state index in [1.807, 2.05) is 0 Å². The molecule has 0 radical (unpaired) electrons. The zero-order chi connectivity index (χ0) is 23.6. The molecule has 8 heteroatoms. The highest BCUT2D eigenvalue weighted by molar-refractivity contribution is 5.95. The van der Waals surface area contributed by atoms with E-state index in [0.717, 1.165) is 57.8 Å². The molecule has 1 aromatic carbocycles. The van der Waals surface area contributed by atoms with Gasteiger partial charge < -0.3 is 18.9 Å². The van der Waals surface area contributed by atoms with Gasteiger partial charge in [0.25, 0.3) is 0 Å². The number of nitrogens with one attached hydrogen (secondary N) is 1. The number of unbranched alkanes of at least 4 members (excludes halogenated alkanes) is 8. The molecule has 0 aliphatic rings. The number of carbonyl (C=O) groups is 3. The molecule has 1 rings (SSSR count). The van der Waals surface area contributed by atoms with Crippen molar-refractivity contribution < 1.29 is 33.3 Å². The van der Waals surface area contributed by atoms with Gasteiger partial charge in [-0.2, -0.15) is 0 Å². The molecule has 32 heavy (non-hydrogen) atoms. The molecule has 0 fully saturated rings. The van der Waals surface area contributed by atoms with E-state index in [-0.39, 0.29) is 17.9 Å². The van der Waals surface area contributed by atoms with Crippen LogP contribution in [0.3, 0.4) is 0 Å². The molecule has 0 aromatic heterocycles. The van der Waals surface area contributed by atoms with Crippen molar-refractivity contribution in [2.24, 2.45) is 0 Å². The molecule has 1 amide bonds. The molecule has 0 aliphatic heterocycles. The van der Waals surface area contributed by atoms with Crippen LogP contribution in [-0.2, 0) is 14.2 Å². The van der Waals surface area contributed by atoms with Gasteiger partial charge >= 0.3 is 18.2 Å². The van der Waals surface area contributed by atoms with E-state index in [2.05, 4.69) is 19.2 Å². The smallest absolute Gasteiger partial charge is 0.465 e. The van der Waals surface area contributed by atoms with Crippen molar-refractivity contribution in [3.63, 3.8) is 0 Å². The highest BCUT2D eigenvalue weighted by Crippen LogP contribution is 2.25. The molecule has 0 unspecified atom stereocenters. The van der Waals surface area contributed by atoms with Gasteiger partial charge in [-0.25, -0.2) is 14.4 Å². The van der Waals surface area contributed by atoms with E-state index in [9.17, 15) is 14.4 Å². The predicted octanol–water partition coefficient (Wildman–Crippen LogP) is 6.48. The van der Waals surface area contributed by atoms with Gasteiger partial charge in [-0.3, -0.25) is 5.32 Å². The van der Waals surface area contributed by atoms with Crippen LogP contribution in [0.5, 0.6) is 5.75 Å². The van der Waals surface area contributed by atoms with Gasteiger partial charge in [0.05, 0.1) is 20.3 Å². The first-order chi connectivity index (χ1) is 15.5. The lowest BCUT2D eigenvalue weighted by Crippen LogP contribution is -2.16. The minimum atomic E-state index is -0.919. The number of methoxy groups -OCH3 is 1. The van der Waals surface area contributed by atoms with Gasteiger partial charge in [-0.05, 0) is 25.0 Å². The fourth-order valence-electron chi connectivity index (χ4n) is 2.97. The maximum atomic E-state index is 12.0. The van der Waals surface area contributed by atoms with Crippen LogP contribution >= 0.6 is 0 Å². The Bertz CT molecular complexity index is 706. The number of rotatable bonds is 15. The summed E-state index contributed by atoms with van der Waals surface area (Å²) in [5.74, 6) is -0.737. The molecule has 0 aliphatic carbocycles. The predicted molar refractivity (Wildman–Crippen MR) is 122 cm³/mol. The van der Waals surface area contributed by atoms with E-state index < -0.39 is 18.2 Å². The van der Waals surface area contributed by atoms with Gasteiger partial charge in [-0.1, -0.05) is 65.2 Å². The lowest BCUT2D eigenvalue weighted by Gasteiger charge is -2.12. The van der Waals surface area contributed by atoms with Crippen molar-refractivity contribution in [1.29, 1.82) is 0 Å². The summed E-state index contributed by atoms with van der Waals surface area (Å²) in [7, 11) is 1.23. The molecule has 0 bridgehead atoms. The molecule has 180 valence electrons. The maximum absolute atomic E-state index is 12.0. The largest absolute Gasteiger partial charge is 0.513 e. The molecule has 1 aromatic rings. The summed E-state index contributed by atoms with van der Waals surface area (Å²) in [6, 6.07) is 4.26. The first-order valence-electron chi connectivity index (χ1n) is 11.5. The summed E-state index contributed by atoms with van der Waals surface area (Å²) in [4.78, 5) is 36.0. The van der Waals surface area contributed by atoms with E-state index in [4.69, 9.17) is 18.9 Å². The van der Waals surface area contributed by atoms with Crippen LogP contribution < -0.4 is 10.1 Å². The van der Waals surface area contributed by atoms with Gasteiger partial charge in [0, 0.05) is 11.8 Å². The monoisotopic (exact) mass is 451 g/mol. The van der Waals surface area contributed by atoms with Crippen LogP contribution in [0.2, 0.25) is 0 Å². The van der Waals surface area contributed by atoms with Gasteiger partial charge in [0.15, 0.2) is 5.75 Å². The standard InChI is InChI=1S/C24H37NO7/c1-4-6-8-10-12-16-30-23(27)25-19-14-15-20(22(26)29-3)21(18-19)32-24(28)31-17-13-11-9-7-5-2/h14-15,18H,4-13,16-17H2,1-3H3,(H,25,27). The third-order valence-corrected chi connectivity index (χ3v) is 4.78. The Kier molecular flexibility index (Phi) is 14.4. The van der Waals surface area contributed by atoms with Crippen molar-refractivity contribution in [2.45, 2.75) is 78.1 Å². The topological polar surface area (TPSA) is 100 Å². The second kappa shape index (κ2) is 16.9. The quantitative estimate of drug-likeness (QED) is 0.141. The Morgan fingerprint density at radius 1 is 0.812 bits per heavy atom. The second-order valence-electron chi connectivity index (χ2n) is 7.49. The normalized spacial score (nSPS) is 10.3. The highest BCUT2D eigenvalue weighted by atomic mass is 16.7. The molecular weight excluding hydrogens is 414 g/mol. The lowest BCUT2D eigenvalue weighted by atomic mass is 10.2. The SMILES string of the molecule is CCCCCCCOC(=O)Nc1ccc(C(=O)OC)c(OC(=O)OCCCCCCC)c1. The van der Waals surface area contributed by atoms with Crippen LogP contribution in [0.15, 0.2) is 18.2 Å². The van der Waals surface area contributed by atoms with Crippen molar-refractivity contribution in [1.82, 2.24) is 0 Å². The fourth-order valence-corrected chi connectivity index (χ4v) is 2.97. The number of esters is 1. The second-order valence-corrected chi connectivity index (χ2v) is 7.49. The fraction of sp³-hybridized carbons (Fsp3) is 0.625. The number of anilines is 1. The summed E-state index contributed by atoms with van der Waals surface area (Å²) in [6.45, 7) is 4.83. The Balaban J connectivity index is 2.60. The third-order valence-electron chi connectivity index (χ3n) is 4.78. The summed E-state index contributed by atoms with van der Waals surface area (Å²) in [6.07, 6.45) is 8.78. The average molecular weight is 452 g/mol. The van der Waals surface area contributed by atoms with Crippen LogP contribution in [0.1, 0.15) is 88.4 Å². The molecule has 0 saturated carbocycles. The Hall–Kier alpha value is -2.77. The van der Waals surface area contributed by atoms with Crippen LogP contribution in [0.4, 0.5) is 15.3 Å². The summed E-state index contributed by atoms with van der Waals surface area (Å²) in [5, 5.41) is 2.57. The summed E-state index contributed by atoms with van der Waals surface area (Å²) < 4.78 is 20.2. The molecule has 0 heterocycles. The average Bonchev–Trinajstić information content (AvgIpc) is 2.78. The number of carbonyl (C=O) groups excluding carboxylic acids is 3. The first kappa shape index (κ1) is 27.3. The molecule has 8 nitrogen and oxygen atoms in total.